The van der Waals surface area contributed by atoms with Crippen LogP contribution in [0.25, 0.3) is 0 Å². The number of hydrogen-bond donors (Lipinski definition) is 2. The average molecular weight is 341 g/mol. The molecule has 2 fully saturated rings. The van der Waals surface area contributed by atoms with Crippen LogP contribution >= 0.6 is 28.1 Å². The quantitative estimate of drug-likeness (QED) is 0.812. The molecule has 102 valence electrons. The number of hydrogen-bond acceptors (Lipinski definition) is 3. The average Bonchev–Trinajstić information content (AvgIpc) is 2.61. The van der Waals surface area contributed by atoms with Gasteiger partial charge in [-0.3, -0.25) is 0 Å². The second-order valence-corrected chi connectivity index (χ2v) is 6.74. The molecule has 1 aromatic rings. The summed E-state index contributed by atoms with van der Waals surface area (Å²) in [6, 6.07) is 7.10. The Bertz CT molecular complexity index is 508. The lowest BCUT2D eigenvalue weighted by molar-refractivity contribution is 0.126. The summed E-state index contributed by atoms with van der Waals surface area (Å²) < 4.78 is 0.947. The van der Waals surface area contributed by atoms with Crippen LogP contribution in [0.15, 0.2) is 22.7 Å². The molecule has 0 amide bonds. The Balaban J connectivity index is 1.91. The van der Waals surface area contributed by atoms with Gasteiger partial charge in [-0.25, -0.2) is 0 Å². The summed E-state index contributed by atoms with van der Waals surface area (Å²) in [6.45, 7) is 0. The molecule has 2 heterocycles. The molecule has 2 aliphatic heterocycles. The zero-order chi connectivity index (χ0) is 13.6. The molecule has 2 unspecified atom stereocenters. The predicted octanol–water partition coefficient (Wildman–Crippen LogP) is 2.58. The Morgan fingerprint density at radius 3 is 2.47 bits per heavy atom. The van der Waals surface area contributed by atoms with Crippen LogP contribution in [-0.2, 0) is 0 Å². The van der Waals surface area contributed by atoms with E-state index in [4.69, 9.17) is 18.0 Å². The van der Waals surface area contributed by atoms with Crippen molar-refractivity contribution in [3.05, 3.63) is 28.2 Å². The molecular weight excluding hydrogens is 324 g/mol. The first-order valence-corrected chi connectivity index (χ1v) is 7.82. The molecule has 0 spiro atoms. The second kappa shape index (κ2) is 5.04. The number of aliphatic hydroxyl groups is 1. The van der Waals surface area contributed by atoms with Crippen molar-refractivity contribution in [1.82, 2.24) is 0 Å². The molecule has 0 saturated carbocycles. The number of fused-ring (bicyclic) bond motifs is 2. The first-order valence-electron chi connectivity index (χ1n) is 6.62. The summed E-state index contributed by atoms with van der Waals surface area (Å²) in [6.07, 6.45) is 3.98. The Morgan fingerprint density at radius 2 is 1.95 bits per heavy atom. The van der Waals surface area contributed by atoms with E-state index in [1.165, 1.54) is 18.5 Å². The van der Waals surface area contributed by atoms with Crippen molar-refractivity contribution in [2.45, 2.75) is 43.9 Å². The van der Waals surface area contributed by atoms with Gasteiger partial charge in [0.2, 0.25) is 0 Å². The van der Waals surface area contributed by atoms with Crippen LogP contribution in [0.3, 0.4) is 0 Å². The van der Waals surface area contributed by atoms with Gasteiger partial charge < -0.3 is 15.7 Å². The molecule has 3 nitrogen and oxygen atoms in total. The highest BCUT2D eigenvalue weighted by atomic mass is 79.9. The number of rotatable bonds is 2. The van der Waals surface area contributed by atoms with Crippen molar-refractivity contribution in [2.75, 3.05) is 4.90 Å². The molecule has 1 aromatic carbocycles. The topological polar surface area (TPSA) is 49.5 Å². The van der Waals surface area contributed by atoms with Crippen LogP contribution in [0.2, 0.25) is 0 Å². The van der Waals surface area contributed by atoms with Crippen molar-refractivity contribution in [3.8, 4) is 0 Å². The number of aliphatic hydroxyl groups excluding tert-OH is 1. The maximum atomic E-state index is 9.86. The van der Waals surface area contributed by atoms with E-state index in [0.717, 1.165) is 22.9 Å². The molecule has 2 atom stereocenters. The Morgan fingerprint density at radius 1 is 1.32 bits per heavy atom. The van der Waals surface area contributed by atoms with Gasteiger partial charge in [-0.2, -0.15) is 0 Å². The van der Waals surface area contributed by atoms with Crippen molar-refractivity contribution in [3.63, 3.8) is 0 Å². The number of piperidine rings is 1. The lowest BCUT2D eigenvalue weighted by Gasteiger charge is -2.39. The second-order valence-electron chi connectivity index (χ2n) is 5.45. The van der Waals surface area contributed by atoms with E-state index >= 15 is 0 Å². The fourth-order valence-electron chi connectivity index (χ4n) is 3.43. The first kappa shape index (κ1) is 13.3. The van der Waals surface area contributed by atoms with E-state index < -0.39 is 0 Å². The first-order chi connectivity index (χ1) is 9.06. The van der Waals surface area contributed by atoms with Crippen LogP contribution in [0.1, 0.15) is 31.2 Å². The van der Waals surface area contributed by atoms with Gasteiger partial charge in [-0.05, 0) is 59.8 Å². The zero-order valence-corrected chi connectivity index (χ0v) is 13.0. The van der Waals surface area contributed by atoms with Crippen molar-refractivity contribution < 1.29 is 5.11 Å². The smallest absolute Gasteiger partial charge is 0.105 e. The minimum absolute atomic E-state index is 0.131. The highest BCUT2D eigenvalue weighted by molar-refractivity contribution is 9.10. The number of nitrogens with two attached hydrogens (primary N) is 1. The molecule has 5 heteroatoms. The third-order valence-electron chi connectivity index (χ3n) is 4.22. The molecule has 3 rings (SSSR count). The summed E-state index contributed by atoms with van der Waals surface area (Å²) in [5.41, 5.74) is 7.76. The van der Waals surface area contributed by atoms with E-state index in [1.807, 2.05) is 6.07 Å². The fraction of sp³-hybridized carbons (Fsp3) is 0.500. The van der Waals surface area contributed by atoms with Gasteiger partial charge in [-0.1, -0.05) is 12.2 Å². The third-order valence-corrected chi connectivity index (χ3v) is 5.10. The van der Waals surface area contributed by atoms with Crippen LogP contribution in [-0.4, -0.2) is 28.3 Å². The standard InChI is InChI=1S/C14H17BrN2OS/c15-13-7-10(3-4-12(13)14(16)19)17-8-1-2-9(17)6-11(18)5-8/h3-4,7-9,11,18H,1-2,5-6H2,(H2,16,19). The molecule has 19 heavy (non-hydrogen) atoms. The largest absolute Gasteiger partial charge is 0.393 e. The zero-order valence-electron chi connectivity index (χ0n) is 10.6. The van der Waals surface area contributed by atoms with Gasteiger partial charge in [0.05, 0.1) is 6.10 Å². The van der Waals surface area contributed by atoms with Crippen LogP contribution < -0.4 is 10.6 Å². The summed E-state index contributed by atoms with van der Waals surface area (Å²) in [5.74, 6) is 0. The molecule has 0 aromatic heterocycles. The maximum absolute atomic E-state index is 9.86. The summed E-state index contributed by atoms with van der Waals surface area (Å²) in [5, 5.41) is 9.86. The van der Waals surface area contributed by atoms with Gasteiger partial charge in [0.15, 0.2) is 0 Å². The monoisotopic (exact) mass is 340 g/mol. The number of benzene rings is 1. The third kappa shape index (κ3) is 2.39. The van der Waals surface area contributed by atoms with E-state index in [-0.39, 0.29) is 6.10 Å². The van der Waals surface area contributed by atoms with E-state index in [1.54, 1.807) is 0 Å². The van der Waals surface area contributed by atoms with Gasteiger partial charge in [0.1, 0.15) is 4.99 Å². The maximum Gasteiger partial charge on any atom is 0.105 e. The molecule has 2 bridgehead atoms. The lowest BCUT2D eigenvalue weighted by Crippen LogP contribution is -2.44. The van der Waals surface area contributed by atoms with Crippen molar-refractivity contribution >= 4 is 38.8 Å². The molecule has 2 saturated heterocycles. The Hall–Kier alpha value is -0.650. The predicted molar refractivity (Wildman–Crippen MR) is 84.6 cm³/mol. The highest BCUT2D eigenvalue weighted by Crippen LogP contribution is 2.40. The van der Waals surface area contributed by atoms with Crippen LogP contribution in [0.4, 0.5) is 5.69 Å². The van der Waals surface area contributed by atoms with Gasteiger partial charge in [-0.15, -0.1) is 0 Å². The Kier molecular flexibility index (Phi) is 3.53. The van der Waals surface area contributed by atoms with Gasteiger partial charge in [0, 0.05) is 27.8 Å². The van der Waals surface area contributed by atoms with Crippen molar-refractivity contribution in [1.29, 1.82) is 0 Å². The van der Waals surface area contributed by atoms with E-state index in [9.17, 15) is 5.11 Å². The number of anilines is 1. The molecule has 2 aliphatic rings. The molecule has 0 aliphatic carbocycles. The number of halogens is 1. The molecule has 0 radical (unpaired) electrons. The van der Waals surface area contributed by atoms with E-state index in [2.05, 4.69) is 33.0 Å². The summed E-state index contributed by atoms with van der Waals surface area (Å²) in [4.78, 5) is 2.87. The lowest BCUT2D eigenvalue weighted by atomic mass is 9.99. The molecule has 3 N–H and O–H groups in total. The highest BCUT2D eigenvalue weighted by Gasteiger charge is 2.40. The number of nitrogens with zero attached hydrogens (tertiary/aromatic N) is 1. The van der Waals surface area contributed by atoms with Gasteiger partial charge in [0.25, 0.3) is 0 Å². The SMILES string of the molecule is NC(=S)c1ccc(N2C3CCC2CC(O)C3)cc1Br. The summed E-state index contributed by atoms with van der Waals surface area (Å²) >= 11 is 8.57. The molecular formula is C14H17BrN2OS. The Labute approximate surface area is 126 Å². The minimum Gasteiger partial charge on any atom is -0.393 e. The van der Waals surface area contributed by atoms with Crippen LogP contribution in [0.5, 0.6) is 0 Å². The number of thiocarbonyl (C=S) groups is 1. The normalized spacial score (nSPS) is 29.6. The van der Waals surface area contributed by atoms with Crippen LogP contribution in [0, 0.1) is 0 Å². The van der Waals surface area contributed by atoms with Gasteiger partial charge >= 0.3 is 0 Å². The van der Waals surface area contributed by atoms with E-state index in [0.29, 0.717) is 17.1 Å². The fourth-order valence-corrected chi connectivity index (χ4v) is 4.32. The summed E-state index contributed by atoms with van der Waals surface area (Å²) in [7, 11) is 0. The minimum atomic E-state index is -0.131. The van der Waals surface area contributed by atoms with Crippen molar-refractivity contribution in [2.24, 2.45) is 5.73 Å².